The van der Waals surface area contributed by atoms with Gasteiger partial charge in [-0.15, -0.1) is 0 Å². The van der Waals surface area contributed by atoms with Crippen molar-refractivity contribution in [1.82, 2.24) is 25.1 Å². The molecule has 0 aliphatic rings. The molecule has 0 radical (unpaired) electrons. The normalized spacial score (nSPS) is 11.2. The van der Waals surface area contributed by atoms with E-state index in [-0.39, 0.29) is 18.3 Å². The van der Waals surface area contributed by atoms with Crippen molar-refractivity contribution in [3.05, 3.63) is 95.2 Å². The molecule has 9 nitrogen and oxygen atoms in total. The van der Waals surface area contributed by atoms with Crippen molar-refractivity contribution >= 4 is 17.6 Å². The van der Waals surface area contributed by atoms with E-state index in [1.54, 1.807) is 44.3 Å². The second-order valence-electron chi connectivity index (χ2n) is 7.93. The Hall–Kier alpha value is -4.74. The first-order valence-electron chi connectivity index (χ1n) is 10.9. The lowest BCUT2D eigenvalue weighted by Crippen LogP contribution is -2.24. The highest BCUT2D eigenvalue weighted by molar-refractivity contribution is 6.02. The van der Waals surface area contributed by atoms with Gasteiger partial charge in [0.25, 0.3) is 11.8 Å². The first-order chi connectivity index (χ1) is 17.6. The number of rotatable bonds is 7. The van der Waals surface area contributed by atoms with Gasteiger partial charge in [-0.2, -0.15) is 18.3 Å². The SMILES string of the molecule is Cc1c(Oc2ccnc(NC(=O)c3ccnn3C)c2)cccc1C(=O)NCc1ccc(C(F)(F)F)nc1. The molecule has 3 aromatic heterocycles. The van der Waals surface area contributed by atoms with E-state index in [0.29, 0.717) is 33.9 Å². The fourth-order valence-electron chi connectivity index (χ4n) is 3.39. The van der Waals surface area contributed by atoms with Crippen LogP contribution in [-0.4, -0.2) is 31.6 Å². The molecule has 0 aliphatic carbocycles. The molecule has 0 atom stereocenters. The Kier molecular flexibility index (Phi) is 7.18. The van der Waals surface area contributed by atoms with Gasteiger partial charge in [0, 0.05) is 49.4 Å². The van der Waals surface area contributed by atoms with E-state index in [1.165, 1.54) is 29.2 Å². The van der Waals surface area contributed by atoms with Gasteiger partial charge in [0.05, 0.1) is 0 Å². The second-order valence-corrected chi connectivity index (χ2v) is 7.93. The summed E-state index contributed by atoms with van der Waals surface area (Å²) in [4.78, 5) is 32.7. The van der Waals surface area contributed by atoms with Crippen molar-refractivity contribution in [3.8, 4) is 11.5 Å². The summed E-state index contributed by atoms with van der Waals surface area (Å²) >= 11 is 0. The molecule has 3 heterocycles. The van der Waals surface area contributed by atoms with Crippen molar-refractivity contribution < 1.29 is 27.5 Å². The van der Waals surface area contributed by atoms with E-state index in [0.717, 1.165) is 12.3 Å². The molecule has 0 saturated heterocycles. The zero-order valence-corrected chi connectivity index (χ0v) is 19.7. The van der Waals surface area contributed by atoms with Gasteiger partial charge in [0.15, 0.2) is 0 Å². The van der Waals surface area contributed by atoms with E-state index in [4.69, 9.17) is 4.74 Å². The number of alkyl halides is 3. The highest BCUT2D eigenvalue weighted by Crippen LogP contribution is 2.29. The topological polar surface area (TPSA) is 111 Å². The Balaban J connectivity index is 1.42. The minimum Gasteiger partial charge on any atom is -0.457 e. The molecule has 0 unspecified atom stereocenters. The summed E-state index contributed by atoms with van der Waals surface area (Å²) in [6.45, 7) is 1.70. The van der Waals surface area contributed by atoms with Crippen LogP contribution < -0.4 is 15.4 Å². The van der Waals surface area contributed by atoms with Crippen LogP contribution in [0.25, 0.3) is 0 Å². The maximum atomic E-state index is 12.8. The van der Waals surface area contributed by atoms with Crippen LogP contribution in [0.4, 0.5) is 19.0 Å². The third-order valence-corrected chi connectivity index (χ3v) is 5.35. The number of aromatic nitrogens is 4. The van der Waals surface area contributed by atoms with E-state index in [1.807, 2.05) is 0 Å². The Morgan fingerprint density at radius 3 is 2.51 bits per heavy atom. The van der Waals surface area contributed by atoms with Gasteiger partial charge < -0.3 is 15.4 Å². The largest absolute Gasteiger partial charge is 0.457 e. The molecular weight excluding hydrogens is 489 g/mol. The summed E-state index contributed by atoms with van der Waals surface area (Å²) in [6.07, 6.45) is -0.476. The molecule has 190 valence electrons. The highest BCUT2D eigenvalue weighted by atomic mass is 19.4. The smallest absolute Gasteiger partial charge is 0.433 e. The lowest BCUT2D eigenvalue weighted by molar-refractivity contribution is -0.141. The van der Waals surface area contributed by atoms with E-state index < -0.39 is 17.8 Å². The number of nitrogens with zero attached hydrogens (tertiary/aromatic N) is 4. The van der Waals surface area contributed by atoms with Crippen molar-refractivity contribution in [2.75, 3.05) is 5.32 Å². The molecule has 2 amide bonds. The van der Waals surface area contributed by atoms with Gasteiger partial charge in [0.2, 0.25) is 0 Å². The van der Waals surface area contributed by atoms with Gasteiger partial charge in [-0.25, -0.2) is 4.98 Å². The number of benzene rings is 1. The molecule has 2 N–H and O–H groups in total. The Morgan fingerprint density at radius 1 is 1.03 bits per heavy atom. The van der Waals surface area contributed by atoms with Crippen molar-refractivity contribution in [2.24, 2.45) is 7.05 Å². The van der Waals surface area contributed by atoms with Gasteiger partial charge in [0.1, 0.15) is 28.7 Å². The molecule has 1 aromatic carbocycles. The van der Waals surface area contributed by atoms with Crippen LogP contribution in [0.5, 0.6) is 11.5 Å². The predicted octanol–water partition coefficient (Wildman–Crippen LogP) is 4.51. The number of halogens is 3. The molecule has 0 bridgehead atoms. The third-order valence-electron chi connectivity index (χ3n) is 5.35. The molecular formula is C25H21F3N6O3. The van der Waals surface area contributed by atoms with Crippen molar-refractivity contribution in [2.45, 2.75) is 19.6 Å². The summed E-state index contributed by atoms with van der Waals surface area (Å²) in [5.41, 5.74) is 0.650. The van der Waals surface area contributed by atoms with E-state index in [2.05, 4.69) is 25.7 Å². The first kappa shape index (κ1) is 25.4. The van der Waals surface area contributed by atoms with Crippen LogP contribution in [0, 0.1) is 6.92 Å². The van der Waals surface area contributed by atoms with Crippen LogP contribution in [0.3, 0.4) is 0 Å². The molecule has 0 saturated carbocycles. The minimum atomic E-state index is -4.53. The summed E-state index contributed by atoms with van der Waals surface area (Å²) in [6, 6.07) is 11.8. The van der Waals surface area contributed by atoms with Crippen LogP contribution in [0.1, 0.15) is 37.7 Å². The number of nitrogens with one attached hydrogen (secondary N) is 2. The number of ether oxygens (including phenoxy) is 1. The van der Waals surface area contributed by atoms with Gasteiger partial charge >= 0.3 is 6.18 Å². The third kappa shape index (κ3) is 6.10. The van der Waals surface area contributed by atoms with Crippen LogP contribution in [-0.2, 0) is 19.8 Å². The number of hydrogen-bond acceptors (Lipinski definition) is 6. The number of carbonyl (C=O) groups excluding carboxylic acids is 2. The standard InChI is InChI=1S/C25H21F3N6O3/c1-15-18(23(35)31-14-16-6-7-21(30-13-16)25(26,27)28)4-3-5-20(15)37-17-8-10-29-22(12-17)33-24(36)19-9-11-32-34(19)2/h3-13H,14H2,1-2H3,(H,31,35)(H,29,33,36). The number of pyridine rings is 2. The molecule has 37 heavy (non-hydrogen) atoms. The molecule has 12 heteroatoms. The number of hydrogen-bond donors (Lipinski definition) is 2. The Morgan fingerprint density at radius 2 is 1.84 bits per heavy atom. The molecule has 0 aliphatic heterocycles. The van der Waals surface area contributed by atoms with E-state index >= 15 is 0 Å². The fraction of sp³-hybridized carbons (Fsp3) is 0.160. The number of anilines is 1. The Bertz CT molecular complexity index is 1430. The number of aryl methyl sites for hydroxylation is 1. The average molecular weight is 510 g/mol. The highest BCUT2D eigenvalue weighted by Gasteiger charge is 2.32. The zero-order valence-electron chi connectivity index (χ0n) is 19.7. The lowest BCUT2D eigenvalue weighted by atomic mass is 10.1. The summed E-state index contributed by atoms with van der Waals surface area (Å²) in [5, 5.41) is 9.31. The van der Waals surface area contributed by atoms with Crippen LogP contribution >= 0.6 is 0 Å². The summed E-state index contributed by atoms with van der Waals surface area (Å²) < 4.78 is 45.4. The number of carbonyl (C=O) groups is 2. The second kappa shape index (κ2) is 10.5. The lowest BCUT2D eigenvalue weighted by Gasteiger charge is -2.13. The zero-order chi connectivity index (χ0) is 26.6. The molecule has 4 aromatic rings. The summed E-state index contributed by atoms with van der Waals surface area (Å²) in [7, 11) is 1.65. The van der Waals surface area contributed by atoms with Crippen LogP contribution in [0.15, 0.2) is 67.1 Å². The molecule has 0 fully saturated rings. The van der Waals surface area contributed by atoms with Gasteiger partial charge in [-0.3, -0.25) is 19.3 Å². The quantitative estimate of drug-likeness (QED) is 0.379. The minimum absolute atomic E-state index is 0.00142. The monoisotopic (exact) mass is 510 g/mol. The fourth-order valence-corrected chi connectivity index (χ4v) is 3.39. The molecule has 0 spiro atoms. The van der Waals surface area contributed by atoms with Gasteiger partial charge in [-0.1, -0.05) is 12.1 Å². The van der Waals surface area contributed by atoms with Gasteiger partial charge in [-0.05, 0) is 42.8 Å². The van der Waals surface area contributed by atoms with E-state index in [9.17, 15) is 22.8 Å². The average Bonchev–Trinajstić information content (AvgIpc) is 3.30. The van der Waals surface area contributed by atoms with Crippen LogP contribution in [0.2, 0.25) is 0 Å². The predicted molar refractivity (Wildman–Crippen MR) is 127 cm³/mol. The van der Waals surface area contributed by atoms with Crippen molar-refractivity contribution in [1.29, 1.82) is 0 Å². The first-order valence-corrected chi connectivity index (χ1v) is 10.9. The molecule has 4 rings (SSSR count). The Labute approximate surface area is 209 Å². The van der Waals surface area contributed by atoms with Crippen molar-refractivity contribution in [3.63, 3.8) is 0 Å². The summed E-state index contributed by atoms with van der Waals surface area (Å²) in [5.74, 6) is 0.232. The number of amides is 2. The maximum absolute atomic E-state index is 12.8. The maximum Gasteiger partial charge on any atom is 0.433 e.